The number of furan rings is 1. The van der Waals surface area contributed by atoms with E-state index in [-0.39, 0.29) is 11.2 Å². The molecule has 0 aliphatic heterocycles. The first-order valence-electron chi connectivity index (χ1n) is 6.53. The number of anilines is 1. The minimum absolute atomic E-state index is 0.0365. The molecule has 1 amide bonds. The summed E-state index contributed by atoms with van der Waals surface area (Å²) in [4.78, 5) is 16.6. The molecule has 4 nitrogen and oxygen atoms in total. The van der Waals surface area contributed by atoms with Crippen LogP contribution in [-0.4, -0.2) is 16.1 Å². The molecular formula is C15H14N2O2S2. The second kappa shape index (κ2) is 6.32. The number of fused-ring (bicyclic) bond motifs is 1. The lowest BCUT2D eigenvalue weighted by Gasteiger charge is -2.09. The van der Waals surface area contributed by atoms with Crippen LogP contribution >= 0.6 is 23.1 Å². The van der Waals surface area contributed by atoms with Gasteiger partial charge in [0.25, 0.3) is 0 Å². The lowest BCUT2D eigenvalue weighted by atomic mass is 10.3. The highest BCUT2D eigenvalue weighted by atomic mass is 32.2. The van der Waals surface area contributed by atoms with E-state index in [0.29, 0.717) is 10.9 Å². The lowest BCUT2D eigenvalue weighted by molar-refractivity contribution is -0.115. The van der Waals surface area contributed by atoms with Gasteiger partial charge in [-0.05, 0) is 31.2 Å². The van der Waals surface area contributed by atoms with Crippen molar-refractivity contribution in [2.75, 3.05) is 5.32 Å². The molecule has 0 saturated heterocycles. The van der Waals surface area contributed by atoms with Gasteiger partial charge in [0, 0.05) is 0 Å². The van der Waals surface area contributed by atoms with E-state index in [4.69, 9.17) is 4.42 Å². The second-order valence-corrected chi connectivity index (χ2v) is 6.87. The first kappa shape index (κ1) is 14.2. The topological polar surface area (TPSA) is 55.1 Å². The zero-order chi connectivity index (χ0) is 14.7. The van der Waals surface area contributed by atoms with E-state index >= 15 is 0 Å². The molecule has 6 heteroatoms. The number of benzene rings is 1. The van der Waals surface area contributed by atoms with E-state index in [0.717, 1.165) is 16.0 Å². The van der Waals surface area contributed by atoms with Crippen LogP contribution in [0.5, 0.6) is 0 Å². The van der Waals surface area contributed by atoms with Gasteiger partial charge in [-0.3, -0.25) is 4.79 Å². The second-order valence-electron chi connectivity index (χ2n) is 4.51. The third kappa shape index (κ3) is 3.46. The predicted molar refractivity (Wildman–Crippen MR) is 87.7 cm³/mol. The SMILES string of the molecule is CC(SCc1ccco1)C(=O)Nc1nc2ccccc2s1. The number of nitrogens with zero attached hydrogens (tertiary/aromatic N) is 1. The molecule has 108 valence electrons. The third-order valence-corrected chi connectivity index (χ3v) is 5.07. The number of nitrogens with one attached hydrogen (secondary N) is 1. The van der Waals surface area contributed by atoms with Crippen molar-refractivity contribution in [3.8, 4) is 0 Å². The van der Waals surface area contributed by atoms with Crippen molar-refractivity contribution >= 4 is 44.4 Å². The number of carbonyl (C=O) groups is 1. The lowest BCUT2D eigenvalue weighted by Crippen LogP contribution is -2.22. The molecule has 1 unspecified atom stereocenters. The first-order chi connectivity index (χ1) is 10.2. The van der Waals surface area contributed by atoms with Gasteiger partial charge in [0.2, 0.25) is 5.91 Å². The molecular weight excluding hydrogens is 304 g/mol. The quantitative estimate of drug-likeness (QED) is 0.768. The number of amides is 1. The number of carbonyl (C=O) groups excluding carboxylic acids is 1. The monoisotopic (exact) mass is 318 g/mol. The summed E-state index contributed by atoms with van der Waals surface area (Å²) in [6, 6.07) is 11.6. The molecule has 1 N–H and O–H groups in total. The molecule has 3 rings (SSSR count). The fraction of sp³-hybridized carbons (Fsp3) is 0.200. The van der Waals surface area contributed by atoms with Gasteiger partial charge in [-0.2, -0.15) is 0 Å². The minimum atomic E-state index is -0.165. The molecule has 0 fully saturated rings. The summed E-state index contributed by atoms with van der Waals surface area (Å²) in [6.07, 6.45) is 1.64. The summed E-state index contributed by atoms with van der Waals surface area (Å²) in [6.45, 7) is 1.89. The van der Waals surface area contributed by atoms with Crippen molar-refractivity contribution in [3.05, 3.63) is 48.4 Å². The zero-order valence-electron chi connectivity index (χ0n) is 11.4. The predicted octanol–water partition coefficient (Wildman–Crippen LogP) is 4.15. The summed E-state index contributed by atoms with van der Waals surface area (Å²) in [5.74, 6) is 1.52. The zero-order valence-corrected chi connectivity index (χ0v) is 13.0. The number of para-hydroxylation sites is 1. The molecule has 3 aromatic rings. The van der Waals surface area contributed by atoms with Crippen LogP contribution in [0.15, 0.2) is 47.1 Å². The molecule has 0 saturated carbocycles. The Kier molecular flexibility index (Phi) is 4.26. The van der Waals surface area contributed by atoms with Crippen LogP contribution in [0.3, 0.4) is 0 Å². The van der Waals surface area contributed by atoms with Crippen LogP contribution in [0, 0.1) is 0 Å². The summed E-state index contributed by atoms with van der Waals surface area (Å²) in [5.41, 5.74) is 0.911. The number of thiazole rings is 1. The van der Waals surface area contributed by atoms with Gasteiger partial charge in [0.15, 0.2) is 5.13 Å². The number of thioether (sulfide) groups is 1. The Bertz CT molecular complexity index is 704. The summed E-state index contributed by atoms with van der Waals surface area (Å²) in [5, 5.41) is 3.36. The average Bonchev–Trinajstić information content (AvgIpc) is 3.13. The Morgan fingerprint density at radius 2 is 2.24 bits per heavy atom. The number of rotatable bonds is 5. The van der Waals surface area contributed by atoms with Gasteiger partial charge >= 0.3 is 0 Å². The van der Waals surface area contributed by atoms with Gasteiger partial charge in [-0.25, -0.2) is 4.98 Å². The third-order valence-electron chi connectivity index (χ3n) is 2.95. The Balaban J connectivity index is 1.59. The molecule has 0 aliphatic carbocycles. The average molecular weight is 318 g/mol. The van der Waals surface area contributed by atoms with Gasteiger partial charge in [0.1, 0.15) is 5.76 Å². The molecule has 1 atom stereocenters. The fourth-order valence-corrected chi connectivity index (χ4v) is 3.47. The Labute approximate surface area is 130 Å². The van der Waals surface area contributed by atoms with Crippen LogP contribution < -0.4 is 5.32 Å². The standard InChI is InChI=1S/C15H14N2O2S2/c1-10(20-9-11-5-4-8-19-11)14(18)17-15-16-12-6-2-3-7-13(12)21-15/h2-8,10H,9H2,1H3,(H,16,17,18). The van der Waals surface area contributed by atoms with Gasteiger partial charge in [0.05, 0.1) is 27.5 Å². The van der Waals surface area contributed by atoms with E-state index in [1.54, 1.807) is 6.26 Å². The summed E-state index contributed by atoms with van der Waals surface area (Å²) in [7, 11) is 0. The van der Waals surface area contributed by atoms with Crippen LogP contribution in [-0.2, 0) is 10.5 Å². The molecule has 0 spiro atoms. The van der Waals surface area contributed by atoms with E-state index in [2.05, 4.69) is 10.3 Å². The smallest absolute Gasteiger partial charge is 0.239 e. The van der Waals surface area contributed by atoms with Gasteiger partial charge < -0.3 is 9.73 Å². The van der Waals surface area contributed by atoms with Crippen molar-refractivity contribution < 1.29 is 9.21 Å². The van der Waals surface area contributed by atoms with E-state index < -0.39 is 0 Å². The number of aromatic nitrogens is 1. The maximum atomic E-state index is 12.2. The summed E-state index contributed by atoms with van der Waals surface area (Å²) < 4.78 is 6.33. The molecule has 2 heterocycles. The molecule has 0 aliphatic rings. The largest absolute Gasteiger partial charge is 0.468 e. The van der Waals surface area contributed by atoms with Crippen LogP contribution in [0.4, 0.5) is 5.13 Å². The normalized spacial score (nSPS) is 12.4. The van der Waals surface area contributed by atoms with Crippen molar-refractivity contribution in [3.63, 3.8) is 0 Å². The number of hydrogen-bond donors (Lipinski definition) is 1. The maximum Gasteiger partial charge on any atom is 0.239 e. The minimum Gasteiger partial charge on any atom is -0.468 e. The van der Waals surface area contributed by atoms with Crippen LogP contribution in [0.2, 0.25) is 0 Å². The Hall–Kier alpha value is -1.79. The van der Waals surface area contributed by atoms with Crippen molar-refractivity contribution in [1.82, 2.24) is 4.98 Å². The molecule has 0 bridgehead atoms. The molecule has 0 radical (unpaired) electrons. The highest BCUT2D eigenvalue weighted by Crippen LogP contribution is 2.26. The highest BCUT2D eigenvalue weighted by molar-refractivity contribution is 7.99. The number of hydrogen-bond acceptors (Lipinski definition) is 5. The Morgan fingerprint density at radius 1 is 1.38 bits per heavy atom. The molecule has 21 heavy (non-hydrogen) atoms. The first-order valence-corrected chi connectivity index (χ1v) is 8.39. The molecule has 2 aromatic heterocycles. The van der Waals surface area contributed by atoms with Crippen molar-refractivity contribution in [2.24, 2.45) is 0 Å². The van der Waals surface area contributed by atoms with E-state index in [1.165, 1.54) is 23.1 Å². The van der Waals surface area contributed by atoms with E-state index in [1.807, 2.05) is 43.3 Å². The maximum absolute atomic E-state index is 12.2. The van der Waals surface area contributed by atoms with Gasteiger partial charge in [-0.15, -0.1) is 11.8 Å². The van der Waals surface area contributed by atoms with Crippen LogP contribution in [0.1, 0.15) is 12.7 Å². The van der Waals surface area contributed by atoms with E-state index in [9.17, 15) is 4.79 Å². The molecule has 1 aromatic carbocycles. The van der Waals surface area contributed by atoms with Crippen molar-refractivity contribution in [2.45, 2.75) is 17.9 Å². The fourth-order valence-electron chi connectivity index (χ4n) is 1.81. The highest BCUT2D eigenvalue weighted by Gasteiger charge is 2.16. The summed E-state index contributed by atoms with van der Waals surface area (Å²) >= 11 is 3.03. The van der Waals surface area contributed by atoms with Crippen molar-refractivity contribution in [1.29, 1.82) is 0 Å². The Morgan fingerprint density at radius 3 is 3.00 bits per heavy atom. The van der Waals surface area contributed by atoms with Crippen LogP contribution in [0.25, 0.3) is 10.2 Å². The van der Waals surface area contributed by atoms with Gasteiger partial charge in [-0.1, -0.05) is 23.5 Å².